The summed E-state index contributed by atoms with van der Waals surface area (Å²) in [6.07, 6.45) is 4.41. The van der Waals surface area contributed by atoms with Crippen LogP contribution in [0.3, 0.4) is 0 Å². The predicted molar refractivity (Wildman–Crippen MR) is 69.7 cm³/mol. The Hall–Kier alpha value is -2.18. The van der Waals surface area contributed by atoms with Crippen LogP contribution < -0.4 is 16.0 Å². The van der Waals surface area contributed by atoms with Gasteiger partial charge in [-0.15, -0.1) is 0 Å². The number of anilines is 1. The molecule has 1 aromatic rings. The van der Waals surface area contributed by atoms with Gasteiger partial charge >= 0.3 is 0 Å². The van der Waals surface area contributed by atoms with Crippen molar-refractivity contribution in [3.8, 4) is 0 Å². The third kappa shape index (κ3) is 3.40. The van der Waals surface area contributed by atoms with Gasteiger partial charge in [0, 0.05) is 13.1 Å². The van der Waals surface area contributed by atoms with Gasteiger partial charge in [0.1, 0.15) is 17.6 Å². The van der Waals surface area contributed by atoms with Crippen LogP contribution in [0.15, 0.2) is 12.4 Å². The third-order valence-corrected chi connectivity index (χ3v) is 2.83. The van der Waals surface area contributed by atoms with E-state index in [2.05, 4.69) is 25.9 Å². The van der Waals surface area contributed by atoms with E-state index in [1.807, 2.05) is 6.92 Å². The number of amides is 2. The van der Waals surface area contributed by atoms with Crippen LogP contribution in [0, 0.1) is 0 Å². The van der Waals surface area contributed by atoms with Gasteiger partial charge in [-0.1, -0.05) is 0 Å². The topological polar surface area (TPSA) is 96.0 Å². The normalized spacial score (nSPS) is 18.6. The highest BCUT2D eigenvalue weighted by atomic mass is 16.2. The number of carbonyl (C=O) groups is 2. The second-order valence-corrected chi connectivity index (χ2v) is 4.28. The molecule has 7 nitrogen and oxygen atoms in total. The summed E-state index contributed by atoms with van der Waals surface area (Å²) in [5.41, 5.74) is 0.208. The number of nitrogens with zero attached hydrogens (tertiary/aromatic N) is 2. The molecule has 3 N–H and O–H groups in total. The van der Waals surface area contributed by atoms with Crippen molar-refractivity contribution in [2.75, 3.05) is 18.4 Å². The maximum absolute atomic E-state index is 11.9. The number of hydrogen-bond acceptors (Lipinski definition) is 5. The zero-order valence-corrected chi connectivity index (χ0v) is 10.8. The Labute approximate surface area is 111 Å². The second-order valence-electron chi connectivity index (χ2n) is 4.28. The first-order valence-corrected chi connectivity index (χ1v) is 6.35. The summed E-state index contributed by atoms with van der Waals surface area (Å²) in [6.45, 7) is 3.36. The Morgan fingerprint density at radius 1 is 1.47 bits per heavy atom. The molecule has 1 saturated heterocycles. The molecular formula is C12H17N5O2. The standard InChI is InChI=1S/C12H17N5O2/c1-2-13-10-7-15-9(6-16-10)12(19)17-8-4-3-5-14-11(8)18/h6-8H,2-5H2,1H3,(H,13,16)(H,14,18)(H,17,19). The molecule has 0 spiro atoms. The smallest absolute Gasteiger partial charge is 0.272 e. The lowest BCUT2D eigenvalue weighted by atomic mass is 10.1. The molecule has 1 unspecified atom stereocenters. The van der Waals surface area contributed by atoms with E-state index < -0.39 is 6.04 Å². The molecule has 7 heteroatoms. The van der Waals surface area contributed by atoms with Crippen molar-refractivity contribution in [2.45, 2.75) is 25.8 Å². The first-order chi connectivity index (χ1) is 9.20. The SMILES string of the molecule is CCNc1cnc(C(=O)NC2CCCNC2=O)cn1. The van der Waals surface area contributed by atoms with Crippen molar-refractivity contribution in [2.24, 2.45) is 0 Å². The zero-order chi connectivity index (χ0) is 13.7. The lowest BCUT2D eigenvalue weighted by Gasteiger charge is -2.22. The van der Waals surface area contributed by atoms with Gasteiger partial charge in [0.25, 0.3) is 5.91 Å². The van der Waals surface area contributed by atoms with Crippen LogP contribution in [0.4, 0.5) is 5.82 Å². The van der Waals surface area contributed by atoms with Crippen molar-refractivity contribution in [3.63, 3.8) is 0 Å². The molecule has 0 aromatic carbocycles. The molecule has 1 aliphatic rings. The van der Waals surface area contributed by atoms with E-state index in [1.54, 1.807) is 0 Å². The molecule has 0 aliphatic carbocycles. The van der Waals surface area contributed by atoms with Crippen molar-refractivity contribution in [1.29, 1.82) is 0 Å². The highest BCUT2D eigenvalue weighted by molar-refractivity contribution is 5.96. The number of nitrogens with one attached hydrogen (secondary N) is 3. The van der Waals surface area contributed by atoms with Gasteiger partial charge in [-0.05, 0) is 19.8 Å². The van der Waals surface area contributed by atoms with Gasteiger partial charge in [0.15, 0.2) is 0 Å². The van der Waals surface area contributed by atoms with E-state index >= 15 is 0 Å². The monoisotopic (exact) mass is 263 g/mol. The number of piperidine rings is 1. The Bertz CT molecular complexity index is 460. The summed E-state index contributed by atoms with van der Waals surface area (Å²) in [7, 11) is 0. The van der Waals surface area contributed by atoms with Crippen molar-refractivity contribution >= 4 is 17.6 Å². The molecule has 0 bridgehead atoms. The molecule has 1 atom stereocenters. The van der Waals surface area contributed by atoms with Crippen LogP contribution in [-0.4, -0.2) is 40.9 Å². The molecule has 1 aliphatic heterocycles. The maximum atomic E-state index is 11.9. The quantitative estimate of drug-likeness (QED) is 0.706. The Morgan fingerprint density at radius 3 is 2.95 bits per heavy atom. The van der Waals surface area contributed by atoms with Gasteiger partial charge in [-0.25, -0.2) is 9.97 Å². The van der Waals surface area contributed by atoms with Crippen LogP contribution in [-0.2, 0) is 4.79 Å². The average molecular weight is 263 g/mol. The third-order valence-electron chi connectivity index (χ3n) is 2.83. The summed E-state index contributed by atoms with van der Waals surface area (Å²) in [5, 5.41) is 8.37. The fraction of sp³-hybridized carbons (Fsp3) is 0.500. The number of hydrogen-bond donors (Lipinski definition) is 3. The maximum Gasteiger partial charge on any atom is 0.272 e. The highest BCUT2D eigenvalue weighted by Gasteiger charge is 2.24. The second kappa shape index (κ2) is 6.12. The molecule has 0 saturated carbocycles. The zero-order valence-electron chi connectivity index (χ0n) is 10.8. The molecule has 2 amide bonds. The Kier molecular flexibility index (Phi) is 4.27. The molecule has 1 aromatic heterocycles. The van der Waals surface area contributed by atoms with Crippen LogP contribution in [0.2, 0.25) is 0 Å². The number of rotatable bonds is 4. The Morgan fingerprint density at radius 2 is 2.32 bits per heavy atom. The van der Waals surface area contributed by atoms with Crippen LogP contribution >= 0.6 is 0 Å². The van der Waals surface area contributed by atoms with Gasteiger partial charge < -0.3 is 16.0 Å². The van der Waals surface area contributed by atoms with E-state index in [1.165, 1.54) is 12.4 Å². The van der Waals surface area contributed by atoms with Crippen LogP contribution in [0.5, 0.6) is 0 Å². The fourth-order valence-corrected chi connectivity index (χ4v) is 1.86. The molecule has 1 fully saturated rings. The first-order valence-electron chi connectivity index (χ1n) is 6.35. The minimum Gasteiger partial charge on any atom is -0.369 e. The number of aromatic nitrogens is 2. The van der Waals surface area contributed by atoms with Crippen LogP contribution in [0.25, 0.3) is 0 Å². The highest BCUT2D eigenvalue weighted by Crippen LogP contribution is 2.05. The molecule has 102 valence electrons. The summed E-state index contributed by atoms with van der Waals surface area (Å²) < 4.78 is 0. The van der Waals surface area contributed by atoms with Crippen molar-refractivity contribution in [1.82, 2.24) is 20.6 Å². The van der Waals surface area contributed by atoms with E-state index in [9.17, 15) is 9.59 Å². The summed E-state index contributed by atoms with van der Waals surface area (Å²) in [5.74, 6) is 0.101. The summed E-state index contributed by atoms with van der Waals surface area (Å²) in [6, 6.07) is -0.475. The van der Waals surface area contributed by atoms with Gasteiger partial charge in [0.05, 0.1) is 12.4 Å². The largest absolute Gasteiger partial charge is 0.369 e. The summed E-state index contributed by atoms with van der Waals surface area (Å²) in [4.78, 5) is 31.5. The van der Waals surface area contributed by atoms with Gasteiger partial charge in [0.2, 0.25) is 5.91 Å². The van der Waals surface area contributed by atoms with Gasteiger partial charge in [-0.2, -0.15) is 0 Å². The van der Waals surface area contributed by atoms with E-state index in [-0.39, 0.29) is 17.5 Å². The molecule has 19 heavy (non-hydrogen) atoms. The lowest BCUT2D eigenvalue weighted by Crippen LogP contribution is -2.50. The van der Waals surface area contributed by atoms with Crippen molar-refractivity contribution < 1.29 is 9.59 Å². The lowest BCUT2D eigenvalue weighted by molar-refractivity contribution is -0.124. The van der Waals surface area contributed by atoms with E-state index in [0.717, 1.165) is 13.0 Å². The van der Waals surface area contributed by atoms with E-state index in [4.69, 9.17) is 0 Å². The molecule has 2 heterocycles. The fourth-order valence-electron chi connectivity index (χ4n) is 1.86. The summed E-state index contributed by atoms with van der Waals surface area (Å²) >= 11 is 0. The van der Waals surface area contributed by atoms with Crippen LogP contribution in [0.1, 0.15) is 30.3 Å². The number of carbonyl (C=O) groups excluding carboxylic acids is 2. The first kappa shape index (κ1) is 13.3. The Balaban J connectivity index is 1.97. The van der Waals surface area contributed by atoms with Crippen molar-refractivity contribution in [3.05, 3.63) is 18.1 Å². The molecule has 2 rings (SSSR count). The molecular weight excluding hydrogens is 246 g/mol. The predicted octanol–water partition coefficient (Wildman–Crippen LogP) is -0.0832. The minimum atomic E-state index is -0.475. The van der Waals surface area contributed by atoms with E-state index in [0.29, 0.717) is 18.8 Å². The minimum absolute atomic E-state index is 0.142. The molecule has 0 radical (unpaired) electrons. The van der Waals surface area contributed by atoms with Gasteiger partial charge in [-0.3, -0.25) is 9.59 Å². The average Bonchev–Trinajstić information content (AvgIpc) is 2.42.